The summed E-state index contributed by atoms with van der Waals surface area (Å²) in [5.41, 5.74) is 2.13. The van der Waals surface area contributed by atoms with E-state index in [1.165, 1.54) is 12.1 Å². The van der Waals surface area contributed by atoms with Crippen LogP contribution < -0.4 is 5.32 Å². The van der Waals surface area contributed by atoms with Gasteiger partial charge in [0.2, 0.25) is 5.91 Å². The van der Waals surface area contributed by atoms with E-state index in [1.54, 1.807) is 4.90 Å². The van der Waals surface area contributed by atoms with Gasteiger partial charge in [0.25, 0.3) is 0 Å². The van der Waals surface area contributed by atoms with Gasteiger partial charge in [0.05, 0.1) is 0 Å². The maximum atomic E-state index is 13.4. The minimum Gasteiger partial charge on any atom is -0.341 e. The van der Waals surface area contributed by atoms with Crippen LogP contribution in [-0.4, -0.2) is 30.9 Å². The van der Waals surface area contributed by atoms with Gasteiger partial charge in [-0.1, -0.05) is 18.2 Å². The summed E-state index contributed by atoms with van der Waals surface area (Å²) in [6, 6.07) is 12.7. The normalized spacial score (nSPS) is 16.0. The number of amides is 1. The van der Waals surface area contributed by atoms with Gasteiger partial charge < -0.3 is 10.2 Å². The molecular weight excluding hydrogens is 487 g/mol. The number of hydrogen-bond donors (Lipinski definition) is 1. The molecule has 1 aliphatic heterocycles. The van der Waals surface area contributed by atoms with Crippen molar-refractivity contribution in [1.82, 2.24) is 10.2 Å². The van der Waals surface area contributed by atoms with Gasteiger partial charge in [0.1, 0.15) is 5.82 Å². The van der Waals surface area contributed by atoms with Gasteiger partial charge in [0.15, 0.2) is 0 Å². The van der Waals surface area contributed by atoms with Crippen molar-refractivity contribution >= 4 is 37.8 Å². The van der Waals surface area contributed by atoms with Crippen LogP contribution in [0.2, 0.25) is 0 Å². The van der Waals surface area contributed by atoms with Crippen molar-refractivity contribution in [2.45, 2.75) is 31.7 Å². The molecular formula is C22H25Br2FN2O. The number of nitrogens with one attached hydrogen (secondary N) is 1. The van der Waals surface area contributed by atoms with Gasteiger partial charge in [-0.2, -0.15) is 0 Å². The van der Waals surface area contributed by atoms with E-state index in [9.17, 15) is 9.18 Å². The van der Waals surface area contributed by atoms with Crippen molar-refractivity contribution in [3.63, 3.8) is 0 Å². The highest BCUT2D eigenvalue weighted by Crippen LogP contribution is 2.34. The molecule has 1 amide bonds. The Kier molecular flexibility index (Phi) is 7.66. The first-order valence-corrected chi connectivity index (χ1v) is 11.2. The van der Waals surface area contributed by atoms with Crippen LogP contribution in [0.3, 0.4) is 0 Å². The monoisotopic (exact) mass is 510 g/mol. The molecule has 0 bridgehead atoms. The highest BCUT2D eigenvalue weighted by molar-refractivity contribution is 9.13. The van der Waals surface area contributed by atoms with Gasteiger partial charge in [-0.05, 0) is 105 Å². The van der Waals surface area contributed by atoms with Crippen molar-refractivity contribution in [1.29, 1.82) is 0 Å². The zero-order valence-electron chi connectivity index (χ0n) is 15.9. The second kappa shape index (κ2) is 9.99. The number of halogens is 3. The molecule has 0 saturated carbocycles. The number of hydrogen-bond acceptors (Lipinski definition) is 2. The molecule has 6 heteroatoms. The summed E-state index contributed by atoms with van der Waals surface area (Å²) in [6.07, 6.45) is 2.53. The fourth-order valence-electron chi connectivity index (χ4n) is 3.86. The van der Waals surface area contributed by atoms with Gasteiger partial charge in [-0.15, -0.1) is 0 Å². The van der Waals surface area contributed by atoms with E-state index in [1.807, 2.05) is 37.4 Å². The van der Waals surface area contributed by atoms with E-state index in [0.717, 1.165) is 46.0 Å². The molecule has 3 rings (SSSR count). The molecule has 2 aromatic carbocycles. The standard InChI is InChI=1S/C22H25Br2FN2O/c1-27(14-15-2-7-20(23)21(24)12-15)22(28)13-19(17-8-10-26-11-9-17)16-3-5-18(25)6-4-16/h2-7,12,17,19,26H,8-11,13-14H2,1H3. The topological polar surface area (TPSA) is 32.3 Å². The fourth-order valence-corrected chi connectivity index (χ4v) is 4.53. The minimum atomic E-state index is -0.239. The lowest BCUT2D eigenvalue weighted by atomic mass is 9.78. The summed E-state index contributed by atoms with van der Waals surface area (Å²) >= 11 is 6.99. The summed E-state index contributed by atoms with van der Waals surface area (Å²) in [7, 11) is 1.85. The molecule has 1 unspecified atom stereocenters. The van der Waals surface area contributed by atoms with Crippen molar-refractivity contribution in [3.8, 4) is 0 Å². The number of carbonyl (C=O) groups excluding carboxylic acids is 1. The third-order valence-corrected chi connectivity index (χ3v) is 7.35. The minimum absolute atomic E-state index is 0.117. The summed E-state index contributed by atoms with van der Waals surface area (Å²) in [6.45, 7) is 2.51. The smallest absolute Gasteiger partial charge is 0.223 e. The lowest BCUT2D eigenvalue weighted by molar-refractivity contribution is -0.131. The predicted octanol–water partition coefficient (Wildman–Crippen LogP) is 5.48. The Bertz CT molecular complexity index is 807. The third kappa shape index (κ3) is 5.65. The Balaban J connectivity index is 1.72. The molecule has 1 aliphatic rings. The van der Waals surface area contributed by atoms with Crippen molar-refractivity contribution < 1.29 is 9.18 Å². The van der Waals surface area contributed by atoms with Crippen LogP contribution >= 0.6 is 31.9 Å². The van der Waals surface area contributed by atoms with Gasteiger partial charge in [0, 0.05) is 29.0 Å². The van der Waals surface area contributed by atoms with Crippen LogP contribution in [0.15, 0.2) is 51.4 Å². The van der Waals surface area contributed by atoms with Crippen molar-refractivity contribution in [2.24, 2.45) is 5.92 Å². The van der Waals surface area contributed by atoms with Crippen LogP contribution in [0.1, 0.15) is 36.3 Å². The number of nitrogens with zero attached hydrogens (tertiary/aromatic N) is 1. The quantitative estimate of drug-likeness (QED) is 0.556. The Morgan fingerprint density at radius 1 is 1.14 bits per heavy atom. The molecule has 1 heterocycles. The molecule has 1 N–H and O–H groups in total. The lowest BCUT2D eigenvalue weighted by Crippen LogP contribution is -2.34. The van der Waals surface area contributed by atoms with Gasteiger partial charge >= 0.3 is 0 Å². The zero-order valence-corrected chi connectivity index (χ0v) is 19.1. The van der Waals surface area contributed by atoms with Crippen LogP contribution in [0.25, 0.3) is 0 Å². The predicted molar refractivity (Wildman–Crippen MR) is 118 cm³/mol. The molecule has 28 heavy (non-hydrogen) atoms. The lowest BCUT2D eigenvalue weighted by Gasteiger charge is -2.32. The van der Waals surface area contributed by atoms with E-state index in [0.29, 0.717) is 18.9 Å². The summed E-state index contributed by atoms with van der Waals surface area (Å²) < 4.78 is 15.4. The first-order chi connectivity index (χ1) is 13.4. The maximum absolute atomic E-state index is 13.4. The number of benzene rings is 2. The zero-order chi connectivity index (χ0) is 20.1. The Morgan fingerprint density at radius 3 is 2.46 bits per heavy atom. The molecule has 1 fully saturated rings. The highest BCUT2D eigenvalue weighted by Gasteiger charge is 2.28. The second-order valence-corrected chi connectivity index (χ2v) is 9.16. The molecule has 0 spiro atoms. The SMILES string of the molecule is CN(Cc1ccc(Br)c(Br)c1)C(=O)CC(c1ccc(F)cc1)C1CCNCC1. The van der Waals surface area contributed by atoms with Gasteiger partial charge in [-0.25, -0.2) is 4.39 Å². The maximum Gasteiger partial charge on any atom is 0.223 e. The van der Waals surface area contributed by atoms with Gasteiger partial charge in [-0.3, -0.25) is 4.79 Å². The first kappa shape index (κ1) is 21.5. The molecule has 1 atom stereocenters. The second-order valence-electron chi connectivity index (χ2n) is 7.45. The summed E-state index contributed by atoms with van der Waals surface area (Å²) in [5.74, 6) is 0.434. The molecule has 1 saturated heterocycles. The third-order valence-electron chi connectivity index (χ3n) is 5.48. The molecule has 0 aliphatic carbocycles. The van der Waals surface area contributed by atoms with Crippen LogP contribution in [0.4, 0.5) is 4.39 Å². The van der Waals surface area contributed by atoms with E-state index >= 15 is 0 Å². The van der Waals surface area contributed by atoms with E-state index in [2.05, 4.69) is 37.2 Å². The molecule has 2 aromatic rings. The largest absolute Gasteiger partial charge is 0.341 e. The van der Waals surface area contributed by atoms with Crippen LogP contribution in [0.5, 0.6) is 0 Å². The molecule has 0 aromatic heterocycles. The fraction of sp³-hybridized carbons (Fsp3) is 0.409. The number of rotatable bonds is 6. The Morgan fingerprint density at radius 2 is 1.82 bits per heavy atom. The molecule has 150 valence electrons. The molecule has 3 nitrogen and oxygen atoms in total. The Hall–Kier alpha value is -1.24. The highest BCUT2D eigenvalue weighted by atomic mass is 79.9. The Labute approximate surface area is 183 Å². The summed E-state index contributed by atoms with van der Waals surface area (Å²) in [5, 5.41) is 3.39. The van der Waals surface area contributed by atoms with Crippen molar-refractivity contribution in [2.75, 3.05) is 20.1 Å². The molecule has 0 radical (unpaired) electrons. The number of carbonyl (C=O) groups is 1. The average Bonchev–Trinajstić information content (AvgIpc) is 2.70. The van der Waals surface area contributed by atoms with E-state index in [-0.39, 0.29) is 17.6 Å². The van der Waals surface area contributed by atoms with Crippen molar-refractivity contribution in [3.05, 3.63) is 68.4 Å². The number of piperidine rings is 1. The average molecular weight is 512 g/mol. The van der Waals surface area contributed by atoms with E-state index < -0.39 is 0 Å². The van der Waals surface area contributed by atoms with E-state index in [4.69, 9.17) is 0 Å². The summed E-state index contributed by atoms with van der Waals surface area (Å²) in [4.78, 5) is 14.8. The first-order valence-electron chi connectivity index (χ1n) is 9.58. The van der Waals surface area contributed by atoms with Crippen LogP contribution in [-0.2, 0) is 11.3 Å². The van der Waals surface area contributed by atoms with Crippen LogP contribution in [0, 0.1) is 11.7 Å².